The molecule has 138 valence electrons. The van der Waals surface area contributed by atoms with E-state index in [0.717, 1.165) is 29.1 Å². The standard InChI is InChI=1S/C14H25NO7P2/c1-2-3-10-22-14-6-4-13(5-7-14)8-9-15(11-23(16,17)18)12-24(19,20)21/h4-7H,2-3,8-12H2,1H3,(H2,16,17,18)(H2,19,20,21). The van der Waals surface area contributed by atoms with Gasteiger partial charge in [0.05, 0.1) is 6.61 Å². The van der Waals surface area contributed by atoms with Gasteiger partial charge in [-0.3, -0.25) is 14.0 Å². The molecule has 0 spiro atoms. The maximum Gasteiger partial charge on any atom is 0.339 e. The lowest BCUT2D eigenvalue weighted by molar-refractivity contribution is 0.279. The molecular weight excluding hydrogens is 356 g/mol. The molecule has 8 nitrogen and oxygen atoms in total. The molecule has 0 saturated carbocycles. The number of hydrogen-bond acceptors (Lipinski definition) is 4. The van der Waals surface area contributed by atoms with Crippen LogP contribution in [0.1, 0.15) is 25.3 Å². The summed E-state index contributed by atoms with van der Waals surface area (Å²) < 4.78 is 27.7. The molecule has 0 atom stereocenters. The summed E-state index contributed by atoms with van der Waals surface area (Å²) >= 11 is 0. The zero-order chi connectivity index (χ0) is 18.2. The minimum Gasteiger partial charge on any atom is -0.494 e. The average molecular weight is 381 g/mol. The molecule has 1 aromatic carbocycles. The molecule has 0 aliphatic carbocycles. The molecule has 0 unspecified atom stereocenters. The number of unbranched alkanes of at least 4 members (excludes halogenated alkanes) is 1. The second-order valence-electron chi connectivity index (χ2n) is 5.60. The van der Waals surface area contributed by atoms with Crippen molar-refractivity contribution in [1.82, 2.24) is 4.90 Å². The fraction of sp³-hybridized carbons (Fsp3) is 0.571. The topological polar surface area (TPSA) is 128 Å². The van der Waals surface area contributed by atoms with Crippen LogP contribution in [0.15, 0.2) is 24.3 Å². The van der Waals surface area contributed by atoms with Gasteiger partial charge in [0.2, 0.25) is 0 Å². The van der Waals surface area contributed by atoms with Gasteiger partial charge in [-0.25, -0.2) is 0 Å². The van der Waals surface area contributed by atoms with Crippen LogP contribution in [0.5, 0.6) is 5.75 Å². The van der Waals surface area contributed by atoms with E-state index in [9.17, 15) is 9.13 Å². The van der Waals surface area contributed by atoms with Crippen molar-refractivity contribution in [3.8, 4) is 5.75 Å². The second-order valence-corrected chi connectivity index (χ2v) is 8.83. The quantitative estimate of drug-likeness (QED) is 0.338. The van der Waals surface area contributed by atoms with Crippen LogP contribution in [-0.2, 0) is 15.6 Å². The largest absolute Gasteiger partial charge is 0.494 e. The first-order valence-electron chi connectivity index (χ1n) is 7.62. The first-order chi connectivity index (χ1) is 11.1. The highest BCUT2D eigenvalue weighted by molar-refractivity contribution is 7.52. The van der Waals surface area contributed by atoms with Crippen LogP contribution in [0.25, 0.3) is 0 Å². The Hall–Kier alpha value is -0.720. The third-order valence-electron chi connectivity index (χ3n) is 3.18. The molecule has 1 aromatic rings. The van der Waals surface area contributed by atoms with Crippen LogP contribution in [0.4, 0.5) is 0 Å². The number of benzene rings is 1. The van der Waals surface area contributed by atoms with Crippen molar-refractivity contribution in [3.05, 3.63) is 29.8 Å². The first kappa shape index (κ1) is 21.3. The van der Waals surface area contributed by atoms with Gasteiger partial charge in [-0.1, -0.05) is 25.5 Å². The van der Waals surface area contributed by atoms with E-state index in [-0.39, 0.29) is 6.54 Å². The highest BCUT2D eigenvalue weighted by Gasteiger charge is 2.25. The molecule has 0 fully saturated rings. The van der Waals surface area contributed by atoms with E-state index in [0.29, 0.717) is 13.0 Å². The van der Waals surface area contributed by atoms with Crippen molar-refractivity contribution in [2.45, 2.75) is 26.2 Å². The van der Waals surface area contributed by atoms with Gasteiger partial charge < -0.3 is 24.3 Å². The maximum absolute atomic E-state index is 11.1. The van der Waals surface area contributed by atoms with Gasteiger partial charge >= 0.3 is 15.2 Å². The fourth-order valence-electron chi connectivity index (χ4n) is 2.08. The lowest BCUT2D eigenvalue weighted by Crippen LogP contribution is -2.28. The van der Waals surface area contributed by atoms with Gasteiger partial charge in [0.15, 0.2) is 0 Å². The van der Waals surface area contributed by atoms with E-state index in [1.807, 2.05) is 12.1 Å². The molecule has 0 aliphatic heterocycles. The molecule has 24 heavy (non-hydrogen) atoms. The van der Waals surface area contributed by atoms with Crippen LogP contribution >= 0.6 is 15.2 Å². The zero-order valence-corrected chi connectivity index (χ0v) is 15.4. The van der Waals surface area contributed by atoms with Gasteiger partial charge in [0, 0.05) is 6.54 Å². The molecule has 4 N–H and O–H groups in total. The van der Waals surface area contributed by atoms with E-state index in [1.54, 1.807) is 12.1 Å². The van der Waals surface area contributed by atoms with E-state index in [4.69, 9.17) is 24.3 Å². The molecule has 0 amide bonds. The predicted molar refractivity (Wildman–Crippen MR) is 91.1 cm³/mol. The number of rotatable bonds is 11. The second kappa shape index (κ2) is 9.68. The molecule has 1 rings (SSSR count). The van der Waals surface area contributed by atoms with E-state index in [1.165, 1.54) is 0 Å². The van der Waals surface area contributed by atoms with Gasteiger partial charge in [-0.15, -0.1) is 0 Å². The summed E-state index contributed by atoms with van der Waals surface area (Å²) in [5.41, 5.74) is 0.888. The zero-order valence-electron chi connectivity index (χ0n) is 13.6. The molecule has 0 saturated heterocycles. The van der Waals surface area contributed by atoms with Gasteiger partial charge in [-0.05, 0) is 30.5 Å². The molecule has 0 aromatic heterocycles. The predicted octanol–water partition coefficient (Wildman–Crippen LogP) is 1.98. The smallest absolute Gasteiger partial charge is 0.339 e. The van der Waals surface area contributed by atoms with E-state index >= 15 is 0 Å². The van der Waals surface area contributed by atoms with Crippen molar-refractivity contribution in [1.29, 1.82) is 0 Å². The highest BCUT2D eigenvalue weighted by Crippen LogP contribution is 2.40. The van der Waals surface area contributed by atoms with Crippen LogP contribution in [-0.4, -0.2) is 50.2 Å². The van der Waals surface area contributed by atoms with Crippen molar-refractivity contribution in [2.24, 2.45) is 0 Å². The maximum atomic E-state index is 11.1. The lowest BCUT2D eigenvalue weighted by atomic mass is 10.1. The number of ether oxygens (including phenoxy) is 1. The summed E-state index contributed by atoms with van der Waals surface area (Å²) in [7, 11) is -8.78. The summed E-state index contributed by atoms with van der Waals surface area (Å²) in [4.78, 5) is 37.2. The summed E-state index contributed by atoms with van der Waals surface area (Å²) in [5.74, 6) is 0.745. The Labute approximate surface area is 141 Å². The summed E-state index contributed by atoms with van der Waals surface area (Å²) in [5, 5.41) is 0. The molecular formula is C14H25NO7P2. The monoisotopic (exact) mass is 381 g/mol. The Bertz CT molecular complexity index is 557. The van der Waals surface area contributed by atoms with E-state index < -0.39 is 27.8 Å². The first-order valence-corrected chi connectivity index (χ1v) is 11.2. The van der Waals surface area contributed by atoms with Crippen LogP contribution in [0.3, 0.4) is 0 Å². The average Bonchev–Trinajstić information content (AvgIpc) is 2.43. The number of hydrogen-bond donors (Lipinski definition) is 4. The molecule has 0 heterocycles. The Morgan fingerprint density at radius 1 is 1.00 bits per heavy atom. The van der Waals surface area contributed by atoms with Crippen molar-refractivity contribution in [3.63, 3.8) is 0 Å². The molecule has 0 radical (unpaired) electrons. The minimum absolute atomic E-state index is 0.131. The molecule has 0 bridgehead atoms. The van der Waals surface area contributed by atoms with Crippen molar-refractivity contribution in [2.75, 3.05) is 25.7 Å². The highest BCUT2D eigenvalue weighted by atomic mass is 31.2. The van der Waals surface area contributed by atoms with Crippen LogP contribution < -0.4 is 4.74 Å². The fourth-order valence-corrected chi connectivity index (χ4v) is 3.76. The number of nitrogens with zero attached hydrogens (tertiary/aromatic N) is 1. The third kappa shape index (κ3) is 10.2. The van der Waals surface area contributed by atoms with Gasteiger partial charge in [0.25, 0.3) is 0 Å². The van der Waals surface area contributed by atoms with Crippen molar-refractivity contribution >= 4 is 15.2 Å². The SMILES string of the molecule is CCCCOc1ccc(CCN(CP(=O)(O)O)CP(=O)(O)O)cc1. The molecule has 0 aliphatic rings. The lowest BCUT2D eigenvalue weighted by Gasteiger charge is -2.22. The summed E-state index contributed by atoms with van der Waals surface area (Å²) in [6, 6.07) is 7.27. The molecule has 10 heteroatoms. The Kier molecular flexibility index (Phi) is 8.60. The van der Waals surface area contributed by atoms with Gasteiger partial charge in [0.1, 0.15) is 18.3 Å². The van der Waals surface area contributed by atoms with Crippen LogP contribution in [0, 0.1) is 0 Å². The van der Waals surface area contributed by atoms with Crippen molar-refractivity contribution < 1.29 is 33.4 Å². The Morgan fingerprint density at radius 3 is 2.00 bits per heavy atom. The van der Waals surface area contributed by atoms with E-state index in [2.05, 4.69) is 6.92 Å². The third-order valence-corrected chi connectivity index (χ3v) is 4.71. The Morgan fingerprint density at radius 2 is 1.54 bits per heavy atom. The van der Waals surface area contributed by atoms with Crippen LogP contribution in [0.2, 0.25) is 0 Å². The van der Waals surface area contributed by atoms with Gasteiger partial charge in [-0.2, -0.15) is 0 Å². The summed E-state index contributed by atoms with van der Waals surface area (Å²) in [6.45, 7) is 2.86. The normalized spacial score (nSPS) is 12.6. The minimum atomic E-state index is -4.39. The Balaban J connectivity index is 2.59. The summed E-state index contributed by atoms with van der Waals surface area (Å²) in [6.07, 6.45) is 1.07.